The second-order valence-corrected chi connectivity index (χ2v) is 4.99. The van der Waals surface area contributed by atoms with E-state index in [2.05, 4.69) is 5.32 Å². The summed E-state index contributed by atoms with van der Waals surface area (Å²) in [5.41, 5.74) is 0. The SMILES string of the molecule is N#Cc1ccc(CNCc2ccc(Cl)s2)o1. The Balaban J connectivity index is 1.82. The van der Waals surface area contributed by atoms with E-state index in [0.717, 1.165) is 16.6 Å². The van der Waals surface area contributed by atoms with Crippen LogP contribution in [0.1, 0.15) is 16.4 Å². The largest absolute Gasteiger partial charge is 0.449 e. The van der Waals surface area contributed by atoms with Crippen LogP contribution in [0.25, 0.3) is 0 Å². The average Bonchev–Trinajstić information content (AvgIpc) is 2.88. The maximum absolute atomic E-state index is 8.58. The number of nitrogens with one attached hydrogen (secondary N) is 1. The maximum Gasteiger partial charge on any atom is 0.203 e. The molecule has 0 aromatic carbocycles. The fourth-order valence-electron chi connectivity index (χ4n) is 1.29. The topological polar surface area (TPSA) is 49.0 Å². The summed E-state index contributed by atoms with van der Waals surface area (Å²) in [5, 5.41) is 11.8. The molecule has 0 saturated carbocycles. The molecule has 1 N–H and O–H groups in total. The molecule has 2 rings (SSSR count). The summed E-state index contributed by atoms with van der Waals surface area (Å²) in [6.45, 7) is 1.36. The zero-order valence-electron chi connectivity index (χ0n) is 8.37. The number of thiophene rings is 1. The molecule has 0 aliphatic heterocycles. The summed E-state index contributed by atoms with van der Waals surface area (Å²) in [5.74, 6) is 1.11. The van der Waals surface area contributed by atoms with Gasteiger partial charge >= 0.3 is 0 Å². The van der Waals surface area contributed by atoms with Crippen molar-refractivity contribution in [3.8, 4) is 6.07 Å². The van der Waals surface area contributed by atoms with Gasteiger partial charge in [-0.2, -0.15) is 5.26 Å². The van der Waals surface area contributed by atoms with Crippen molar-refractivity contribution in [2.45, 2.75) is 13.1 Å². The Bertz CT molecular complexity index is 512. The number of halogens is 1. The van der Waals surface area contributed by atoms with Crippen LogP contribution < -0.4 is 5.32 Å². The zero-order chi connectivity index (χ0) is 11.4. The third-order valence-corrected chi connectivity index (χ3v) is 3.23. The third kappa shape index (κ3) is 2.86. The van der Waals surface area contributed by atoms with E-state index in [1.54, 1.807) is 23.5 Å². The lowest BCUT2D eigenvalue weighted by atomic mass is 10.4. The van der Waals surface area contributed by atoms with Gasteiger partial charge in [0.25, 0.3) is 0 Å². The van der Waals surface area contributed by atoms with Gasteiger partial charge in [-0.3, -0.25) is 0 Å². The normalized spacial score (nSPS) is 10.2. The van der Waals surface area contributed by atoms with Gasteiger partial charge in [0.2, 0.25) is 5.76 Å². The van der Waals surface area contributed by atoms with Gasteiger partial charge in [0.05, 0.1) is 10.9 Å². The first-order valence-electron chi connectivity index (χ1n) is 4.71. The molecule has 0 aliphatic rings. The summed E-state index contributed by atoms with van der Waals surface area (Å²) >= 11 is 7.37. The fraction of sp³-hybridized carbons (Fsp3) is 0.182. The lowest BCUT2D eigenvalue weighted by Crippen LogP contribution is -2.10. The molecular weight excluding hydrogens is 244 g/mol. The van der Waals surface area contributed by atoms with Gasteiger partial charge in [0.15, 0.2) is 0 Å². The van der Waals surface area contributed by atoms with E-state index < -0.39 is 0 Å². The van der Waals surface area contributed by atoms with Gasteiger partial charge in [-0.15, -0.1) is 11.3 Å². The summed E-state index contributed by atoms with van der Waals surface area (Å²) in [6.07, 6.45) is 0. The highest BCUT2D eigenvalue weighted by Crippen LogP contribution is 2.21. The third-order valence-electron chi connectivity index (χ3n) is 2.00. The van der Waals surface area contributed by atoms with Gasteiger partial charge in [0, 0.05) is 11.4 Å². The van der Waals surface area contributed by atoms with Crippen LogP contribution in [0.4, 0.5) is 0 Å². The Kier molecular flexibility index (Phi) is 3.62. The molecule has 0 bridgehead atoms. The van der Waals surface area contributed by atoms with Crippen LogP contribution in [-0.2, 0) is 13.1 Å². The number of hydrogen-bond donors (Lipinski definition) is 1. The molecule has 3 nitrogen and oxygen atoms in total. The van der Waals surface area contributed by atoms with E-state index in [1.807, 2.05) is 18.2 Å². The Morgan fingerprint density at radius 3 is 2.81 bits per heavy atom. The summed E-state index contributed by atoms with van der Waals surface area (Å²) in [6, 6.07) is 9.28. The summed E-state index contributed by atoms with van der Waals surface area (Å²) in [4.78, 5) is 1.18. The molecule has 0 spiro atoms. The number of nitrogens with zero attached hydrogens (tertiary/aromatic N) is 1. The Morgan fingerprint density at radius 1 is 1.31 bits per heavy atom. The average molecular weight is 253 g/mol. The zero-order valence-corrected chi connectivity index (χ0v) is 9.94. The Labute approximate surface area is 102 Å². The minimum absolute atomic E-state index is 0.343. The molecule has 2 aromatic heterocycles. The van der Waals surface area contributed by atoms with Crippen LogP contribution in [0.15, 0.2) is 28.7 Å². The molecule has 0 atom stereocenters. The molecule has 0 saturated heterocycles. The summed E-state index contributed by atoms with van der Waals surface area (Å²) in [7, 11) is 0. The molecule has 5 heteroatoms. The molecule has 2 heterocycles. The molecule has 0 radical (unpaired) electrons. The molecule has 0 fully saturated rings. The van der Waals surface area contributed by atoms with Gasteiger partial charge in [0.1, 0.15) is 11.8 Å². The lowest BCUT2D eigenvalue weighted by molar-refractivity contribution is 0.474. The van der Waals surface area contributed by atoms with Crippen molar-refractivity contribution in [2.75, 3.05) is 0 Å². The molecule has 0 amide bonds. The van der Waals surface area contributed by atoms with Gasteiger partial charge in [-0.25, -0.2) is 0 Å². The predicted molar refractivity (Wildman–Crippen MR) is 63.3 cm³/mol. The van der Waals surface area contributed by atoms with E-state index in [9.17, 15) is 0 Å². The van der Waals surface area contributed by atoms with Crippen molar-refractivity contribution >= 4 is 22.9 Å². The highest BCUT2D eigenvalue weighted by molar-refractivity contribution is 7.16. The predicted octanol–water partition coefficient (Wildman–Crippen LogP) is 3.16. The van der Waals surface area contributed by atoms with Crippen molar-refractivity contribution in [1.82, 2.24) is 5.32 Å². The standard InChI is InChI=1S/C11H9ClN2OS/c12-11-4-3-10(16-11)7-14-6-9-2-1-8(5-13)15-9/h1-4,14H,6-7H2. The Morgan fingerprint density at radius 2 is 2.19 bits per heavy atom. The minimum Gasteiger partial charge on any atom is -0.449 e. The maximum atomic E-state index is 8.58. The van der Waals surface area contributed by atoms with Crippen LogP contribution in [0.2, 0.25) is 4.34 Å². The number of furan rings is 1. The monoisotopic (exact) mass is 252 g/mol. The first-order chi connectivity index (χ1) is 7.78. The molecular formula is C11H9ClN2OS. The second kappa shape index (κ2) is 5.17. The van der Waals surface area contributed by atoms with Gasteiger partial charge in [-0.05, 0) is 24.3 Å². The van der Waals surface area contributed by atoms with Gasteiger partial charge < -0.3 is 9.73 Å². The second-order valence-electron chi connectivity index (χ2n) is 3.19. The molecule has 82 valence electrons. The number of nitriles is 1. The van der Waals surface area contributed by atoms with Crippen LogP contribution in [0, 0.1) is 11.3 Å². The van der Waals surface area contributed by atoms with Crippen LogP contribution in [0.5, 0.6) is 0 Å². The Hall–Kier alpha value is -1.28. The van der Waals surface area contributed by atoms with Crippen molar-refractivity contribution < 1.29 is 4.42 Å². The minimum atomic E-state index is 0.343. The van der Waals surface area contributed by atoms with E-state index in [-0.39, 0.29) is 0 Å². The van der Waals surface area contributed by atoms with E-state index in [0.29, 0.717) is 12.3 Å². The van der Waals surface area contributed by atoms with Crippen molar-refractivity contribution in [3.63, 3.8) is 0 Å². The van der Waals surface area contributed by atoms with E-state index >= 15 is 0 Å². The van der Waals surface area contributed by atoms with Crippen molar-refractivity contribution in [1.29, 1.82) is 5.26 Å². The smallest absolute Gasteiger partial charge is 0.203 e. The van der Waals surface area contributed by atoms with Crippen LogP contribution >= 0.6 is 22.9 Å². The van der Waals surface area contributed by atoms with Crippen LogP contribution in [-0.4, -0.2) is 0 Å². The molecule has 16 heavy (non-hydrogen) atoms. The lowest BCUT2D eigenvalue weighted by Gasteiger charge is -1.99. The van der Waals surface area contributed by atoms with E-state index in [4.69, 9.17) is 21.3 Å². The highest BCUT2D eigenvalue weighted by atomic mass is 35.5. The summed E-state index contributed by atoms with van der Waals surface area (Å²) < 4.78 is 6.02. The number of hydrogen-bond acceptors (Lipinski definition) is 4. The number of rotatable bonds is 4. The highest BCUT2D eigenvalue weighted by Gasteiger charge is 2.01. The molecule has 0 aliphatic carbocycles. The van der Waals surface area contributed by atoms with Crippen molar-refractivity contribution in [2.24, 2.45) is 0 Å². The first-order valence-corrected chi connectivity index (χ1v) is 5.91. The quantitative estimate of drug-likeness (QED) is 0.909. The van der Waals surface area contributed by atoms with Crippen LogP contribution in [0.3, 0.4) is 0 Å². The van der Waals surface area contributed by atoms with Crippen molar-refractivity contribution in [3.05, 3.63) is 45.0 Å². The molecule has 0 unspecified atom stereocenters. The van der Waals surface area contributed by atoms with E-state index in [1.165, 1.54) is 4.88 Å². The fourth-order valence-corrected chi connectivity index (χ4v) is 2.35. The first kappa shape index (κ1) is 11.2. The van der Waals surface area contributed by atoms with Gasteiger partial charge in [-0.1, -0.05) is 11.6 Å². The molecule has 2 aromatic rings.